The molecule has 0 amide bonds. The van der Waals surface area contributed by atoms with Gasteiger partial charge >= 0.3 is 0 Å². The summed E-state index contributed by atoms with van der Waals surface area (Å²) in [6.07, 6.45) is 0. The lowest BCUT2D eigenvalue weighted by molar-refractivity contribution is 0.390. The van der Waals surface area contributed by atoms with E-state index < -0.39 is 0 Å². The van der Waals surface area contributed by atoms with Gasteiger partial charge in [0.2, 0.25) is 4.77 Å². The maximum Gasteiger partial charge on any atom is 0.213 e. The van der Waals surface area contributed by atoms with E-state index >= 15 is 0 Å². The fourth-order valence-corrected chi connectivity index (χ4v) is 1.97. The highest BCUT2D eigenvalue weighted by molar-refractivity contribution is 7.98. The van der Waals surface area contributed by atoms with Crippen LogP contribution in [0.2, 0.25) is 0 Å². The van der Waals surface area contributed by atoms with Gasteiger partial charge in [0, 0.05) is 6.07 Å². The van der Waals surface area contributed by atoms with Crippen molar-refractivity contribution in [2.24, 2.45) is 0 Å². The Morgan fingerprint density at radius 1 is 1.41 bits per heavy atom. The van der Waals surface area contributed by atoms with Gasteiger partial charge in [-0.05, 0) is 24.4 Å². The summed E-state index contributed by atoms with van der Waals surface area (Å²) in [5.74, 6) is 2.07. The largest absolute Gasteiger partial charge is 0.483 e. The Morgan fingerprint density at radius 3 is 3.00 bits per heavy atom. The number of benzene rings is 1. The number of hydrogen-bond acceptors (Lipinski definition) is 4. The highest BCUT2D eigenvalue weighted by Crippen LogP contribution is 2.15. The third-order valence-electron chi connectivity index (χ3n) is 1.89. The number of aromatic nitrogens is 3. The van der Waals surface area contributed by atoms with Crippen molar-refractivity contribution in [3.8, 4) is 5.75 Å². The smallest absolute Gasteiger partial charge is 0.213 e. The second-order valence-electron chi connectivity index (χ2n) is 3.18. The normalized spacial score (nSPS) is 10.4. The van der Waals surface area contributed by atoms with Crippen molar-refractivity contribution >= 4 is 24.0 Å². The monoisotopic (exact) mass is 271 g/mol. The van der Waals surface area contributed by atoms with E-state index in [0.29, 0.717) is 22.2 Å². The van der Waals surface area contributed by atoms with Gasteiger partial charge in [-0.25, -0.2) is 9.37 Å². The maximum atomic E-state index is 12.8. The van der Waals surface area contributed by atoms with Crippen LogP contribution in [0.15, 0.2) is 24.3 Å². The average Bonchev–Trinajstić information content (AvgIpc) is 2.71. The highest BCUT2D eigenvalue weighted by atomic mass is 32.2. The molecule has 17 heavy (non-hydrogen) atoms. The van der Waals surface area contributed by atoms with Crippen molar-refractivity contribution in [1.82, 2.24) is 15.2 Å². The Bertz CT molecular complexity index is 540. The SMILES string of the molecule is Fc1cccc(OCSCc2nc(=S)[nH][nH]2)c1. The molecule has 0 saturated carbocycles. The maximum absolute atomic E-state index is 12.8. The summed E-state index contributed by atoms with van der Waals surface area (Å²) in [7, 11) is 0. The Balaban J connectivity index is 1.75. The fourth-order valence-electron chi connectivity index (χ4n) is 1.18. The second kappa shape index (κ2) is 5.83. The molecule has 1 aromatic carbocycles. The van der Waals surface area contributed by atoms with Crippen molar-refractivity contribution in [2.45, 2.75) is 5.75 Å². The molecule has 0 fully saturated rings. The van der Waals surface area contributed by atoms with Gasteiger partial charge in [-0.1, -0.05) is 6.07 Å². The van der Waals surface area contributed by atoms with Crippen molar-refractivity contribution in [3.05, 3.63) is 40.7 Å². The molecular weight excluding hydrogens is 261 g/mol. The molecule has 90 valence electrons. The molecule has 0 bridgehead atoms. The first-order chi connectivity index (χ1) is 8.24. The van der Waals surface area contributed by atoms with E-state index in [9.17, 15) is 4.39 Å². The van der Waals surface area contributed by atoms with Gasteiger partial charge in [-0.2, -0.15) is 0 Å². The minimum Gasteiger partial charge on any atom is -0.483 e. The number of halogens is 1. The number of nitrogens with zero attached hydrogens (tertiary/aromatic N) is 1. The molecule has 0 aliphatic carbocycles. The Hall–Kier alpha value is -1.34. The molecule has 0 atom stereocenters. The van der Waals surface area contributed by atoms with Crippen LogP contribution in [0.25, 0.3) is 0 Å². The van der Waals surface area contributed by atoms with Gasteiger partial charge in [-0.3, -0.25) is 10.2 Å². The molecule has 0 saturated heterocycles. The molecule has 2 aromatic rings. The summed E-state index contributed by atoms with van der Waals surface area (Å²) in [6, 6.07) is 6.05. The summed E-state index contributed by atoms with van der Waals surface area (Å²) in [4.78, 5) is 4.04. The van der Waals surface area contributed by atoms with Crippen LogP contribution in [0.4, 0.5) is 4.39 Å². The van der Waals surface area contributed by atoms with E-state index in [1.54, 1.807) is 12.1 Å². The van der Waals surface area contributed by atoms with Crippen LogP contribution in [0, 0.1) is 10.6 Å². The molecule has 1 heterocycles. The summed E-state index contributed by atoms with van der Waals surface area (Å²) in [5, 5.41) is 5.55. The molecule has 2 rings (SSSR count). The minimum atomic E-state index is -0.302. The van der Waals surface area contributed by atoms with Crippen LogP contribution in [0.3, 0.4) is 0 Å². The zero-order valence-electron chi connectivity index (χ0n) is 8.77. The molecule has 0 aliphatic heterocycles. The molecule has 7 heteroatoms. The summed E-state index contributed by atoms with van der Waals surface area (Å²) in [6.45, 7) is 0. The van der Waals surface area contributed by atoms with Gasteiger partial charge in [0.1, 0.15) is 23.3 Å². The van der Waals surface area contributed by atoms with Crippen molar-refractivity contribution < 1.29 is 9.13 Å². The number of ether oxygens (including phenoxy) is 1. The summed E-state index contributed by atoms with van der Waals surface area (Å²) < 4.78 is 18.6. The lowest BCUT2D eigenvalue weighted by Crippen LogP contribution is -1.94. The second-order valence-corrected chi connectivity index (χ2v) is 4.50. The first-order valence-electron chi connectivity index (χ1n) is 4.84. The van der Waals surface area contributed by atoms with E-state index in [0.717, 1.165) is 5.82 Å². The van der Waals surface area contributed by atoms with Crippen molar-refractivity contribution in [2.75, 3.05) is 5.94 Å². The highest BCUT2D eigenvalue weighted by Gasteiger charge is 1.99. The fraction of sp³-hybridized carbons (Fsp3) is 0.200. The molecule has 0 aliphatic rings. The van der Waals surface area contributed by atoms with Crippen LogP contribution in [-0.2, 0) is 5.75 Å². The van der Waals surface area contributed by atoms with Crippen LogP contribution in [-0.4, -0.2) is 21.1 Å². The predicted molar refractivity (Wildman–Crippen MR) is 67.0 cm³/mol. The molecule has 4 nitrogen and oxygen atoms in total. The molecular formula is C10H10FN3OS2. The third-order valence-corrected chi connectivity index (χ3v) is 2.85. The third kappa shape index (κ3) is 3.86. The quantitative estimate of drug-likeness (QED) is 0.499. The number of rotatable bonds is 5. The zero-order valence-corrected chi connectivity index (χ0v) is 10.4. The van der Waals surface area contributed by atoms with Crippen LogP contribution < -0.4 is 4.74 Å². The first-order valence-corrected chi connectivity index (χ1v) is 6.40. The number of nitrogens with one attached hydrogen (secondary N) is 2. The van der Waals surface area contributed by atoms with Crippen LogP contribution >= 0.6 is 24.0 Å². The van der Waals surface area contributed by atoms with E-state index in [1.165, 1.54) is 23.9 Å². The Morgan fingerprint density at radius 2 is 2.29 bits per heavy atom. The summed E-state index contributed by atoms with van der Waals surface area (Å²) >= 11 is 6.34. The standard InChI is InChI=1S/C10H10FN3OS2/c11-7-2-1-3-8(4-7)15-6-17-5-9-12-10(16)14-13-9/h1-4H,5-6H2,(H2,12,13,14,16). The van der Waals surface area contributed by atoms with Gasteiger partial charge in [0.25, 0.3) is 0 Å². The van der Waals surface area contributed by atoms with E-state index in [1.807, 2.05) is 0 Å². The molecule has 0 unspecified atom stereocenters. The first kappa shape index (κ1) is 12.1. The van der Waals surface area contributed by atoms with E-state index in [-0.39, 0.29) is 5.82 Å². The molecule has 0 spiro atoms. The number of H-pyrrole nitrogens is 2. The van der Waals surface area contributed by atoms with Gasteiger partial charge in [0.05, 0.1) is 5.75 Å². The van der Waals surface area contributed by atoms with Gasteiger partial charge < -0.3 is 4.74 Å². The van der Waals surface area contributed by atoms with E-state index in [4.69, 9.17) is 17.0 Å². The van der Waals surface area contributed by atoms with Crippen molar-refractivity contribution in [1.29, 1.82) is 0 Å². The molecule has 1 aromatic heterocycles. The van der Waals surface area contributed by atoms with Crippen molar-refractivity contribution in [3.63, 3.8) is 0 Å². The predicted octanol–water partition coefficient (Wildman–Crippen LogP) is 2.88. The number of thioether (sulfide) groups is 1. The lowest BCUT2D eigenvalue weighted by Gasteiger charge is -2.04. The topological polar surface area (TPSA) is 53.7 Å². The van der Waals surface area contributed by atoms with Crippen LogP contribution in [0.5, 0.6) is 5.75 Å². The minimum absolute atomic E-state index is 0.302. The van der Waals surface area contributed by atoms with Gasteiger partial charge in [-0.15, -0.1) is 11.8 Å². The van der Waals surface area contributed by atoms with E-state index in [2.05, 4.69) is 15.2 Å². The number of aromatic amines is 2. The Kier molecular flexibility index (Phi) is 4.16. The average molecular weight is 271 g/mol. The van der Waals surface area contributed by atoms with Crippen LogP contribution in [0.1, 0.15) is 5.82 Å². The number of hydrogen-bond donors (Lipinski definition) is 2. The molecule has 2 N–H and O–H groups in total. The molecule has 0 radical (unpaired) electrons. The van der Waals surface area contributed by atoms with Gasteiger partial charge in [0.15, 0.2) is 0 Å². The Labute approximate surface area is 107 Å². The zero-order chi connectivity index (χ0) is 12.1. The lowest BCUT2D eigenvalue weighted by atomic mass is 10.3. The summed E-state index contributed by atoms with van der Waals surface area (Å²) in [5.41, 5.74) is 0.